The standard InChI is InChI=1S/C21H36Cl2N4O5/c22-7-1-3-19(28)26-11-9-24-17(15-26)5-13-31-21(30)32-14-6-18-16-27(12-10-25-18)20(29)4-2-8-23/h17-18,24-25H,1-16H2. The summed E-state index contributed by atoms with van der Waals surface area (Å²) in [6.45, 7) is 4.48. The molecule has 2 unspecified atom stereocenters. The average Bonchev–Trinajstić information content (AvgIpc) is 2.81. The fraction of sp³-hybridized carbons (Fsp3) is 0.857. The van der Waals surface area contributed by atoms with Crippen molar-refractivity contribution in [3.8, 4) is 0 Å². The first kappa shape index (κ1) is 27.0. The normalized spacial score (nSPS) is 21.3. The largest absolute Gasteiger partial charge is 0.508 e. The molecule has 0 saturated carbocycles. The molecule has 0 radical (unpaired) electrons. The van der Waals surface area contributed by atoms with Gasteiger partial charge in [-0.2, -0.15) is 0 Å². The molecule has 2 aliphatic rings. The van der Waals surface area contributed by atoms with Gasteiger partial charge in [-0.3, -0.25) is 9.59 Å². The van der Waals surface area contributed by atoms with E-state index in [1.165, 1.54) is 0 Å². The van der Waals surface area contributed by atoms with Crippen LogP contribution in [0.4, 0.5) is 4.79 Å². The van der Waals surface area contributed by atoms with Gasteiger partial charge in [0.25, 0.3) is 0 Å². The van der Waals surface area contributed by atoms with Gasteiger partial charge in [-0.1, -0.05) is 0 Å². The summed E-state index contributed by atoms with van der Waals surface area (Å²) in [4.78, 5) is 39.8. The maximum atomic E-state index is 12.1. The van der Waals surface area contributed by atoms with Crippen LogP contribution in [0.2, 0.25) is 0 Å². The molecule has 2 fully saturated rings. The van der Waals surface area contributed by atoms with Gasteiger partial charge in [0, 0.05) is 76.0 Å². The third-order valence-electron chi connectivity index (χ3n) is 5.64. The minimum absolute atomic E-state index is 0.0882. The fourth-order valence-corrected chi connectivity index (χ4v) is 4.12. The van der Waals surface area contributed by atoms with Crippen LogP contribution in [0.25, 0.3) is 0 Å². The maximum absolute atomic E-state index is 12.1. The Balaban J connectivity index is 1.56. The zero-order chi connectivity index (χ0) is 23.2. The molecule has 2 atom stereocenters. The molecule has 2 heterocycles. The van der Waals surface area contributed by atoms with Gasteiger partial charge in [0.05, 0.1) is 13.2 Å². The molecule has 2 rings (SSSR count). The number of nitrogens with one attached hydrogen (secondary N) is 2. The van der Waals surface area contributed by atoms with Gasteiger partial charge in [-0.05, 0) is 25.7 Å². The Labute approximate surface area is 200 Å². The van der Waals surface area contributed by atoms with Crippen molar-refractivity contribution >= 4 is 41.2 Å². The number of rotatable bonds is 12. The second-order valence-corrected chi connectivity index (χ2v) is 8.85. The van der Waals surface area contributed by atoms with Crippen molar-refractivity contribution in [2.24, 2.45) is 0 Å². The molecule has 184 valence electrons. The average molecular weight is 495 g/mol. The summed E-state index contributed by atoms with van der Waals surface area (Å²) in [6.07, 6.45) is 2.82. The molecule has 32 heavy (non-hydrogen) atoms. The van der Waals surface area contributed by atoms with Crippen LogP contribution in [-0.2, 0) is 19.1 Å². The van der Waals surface area contributed by atoms with Crippen LogP contribution in [0.1, 0.15) is 38.5 Å². The van der Waals surface area contributed by atoms with Crippen molar-refractivity contribution in [1.82, 2.24) is 20.4 Å². The summed E-state index contributed by atoms with van der Waals surface area (Å²) in [6, 6.07) is 0.176. The summed E-state index contributed by atoms with van der Waals surface area (Å²) < 4.78 is 10.4. The number of nitrogens with zero attached hydrogens (tertiary/aromatic N) is 2. The fourth-order valence-electron chi connectivity index (χ4n) is 3.85. The van der Waals surface area contributed by atoms with E-state index in [0.29, 0.717) is 76.5 Å². The van der Waals surface area contributed by atoms with Crippen LogP contribution < -0.4 is 10.6 Å². The van der Waals surface area contributed by atoms with Crippen LogP contribution in [0.15, 0.2) is 0 Å². The molecule has 0 aromatic heterocycles. The van der Waals surface area contributed by atoms with Crippen LogP contribution in [0.5, 0.6) is 0 Å². The van der Waals surface area contributed by atoms with Crippen LogP contribution in [-0.4, -0.2) is 104 Å². The highest BCUT2D eigenvalue weighted by Crippen LogP contribution is 2.09. The van der Waals surface area contributed by atoms with E-state index in [-0.39, 0.29) is 37.1 Å². The van der Waals surface area contributed by atoms with Crippen molar-refractivity contribution in [3.63, 3.8) is 0 Å². The molecule has 0 aliphatic carbocycles. The van der Waals surface area contributed by atoms with Crippen LogP contribution in [0.3, 0.4) is 0 Å². The molecule has 2 N–H and O–H groups in total. The molecule has 2 aliphatic heterocycles. The van der Waals surface area contributed by atoms with Gasteiger partial charge in [0.15, 0.2) is 0 Å². The lowest BCUT2D eigenvalue weighted by molar-refractivity contribution is -0.133. The maximum Gasteiger partial charge on any atom is 0.508 e. The van der Waals surface area contributed by atoms with E-state index in [1.807, 2.05) is 9.80 Å². The molecular weight excluding hydrogens is 459 g/mol. The number of amides is 2. The van der Waals surface area contributed by atoms with E-state index in [2.05, 4.69) is 10.6 Å². The predicted molar refractivity (Wildman–Crippen MR) is 123 cm³/mol. The first-order valence-corrected chi connectivity index (χ1v) is 12.5. The summed E-state index contributed by atoms with van der Waals surface area (Å²) in [5, 5.41) is 6.69. The van der Waals surface area contributed by atoms with Crippen molar-refractivity contribution in [2.45, 2.75) is 50.6 Å². The third kappa shape index (κ3) is 10.1. The lowest BCUT2D eigenvalue weighted by atomic mass is 10.1. The second kappa shape index (κ2) is 15.5. The van der Waals surface area contributed by atoms with E-state index >= 15 is 0 Å². The first-order valence-electron chi connectivity index (χ1n) is 11.5. The van der Waals surface area contributed by atoms with Gasteiger partial charge < -0.3 is 29.9 Å². The SMILES string of the molecule is O=C(OCCC1CN(C(=O)CCCCl)CCN1)OCCC1CN(C(=O)CCCCl)CCN1. The minimum atomic E-state index is -0.693. The molecule has 11 heteroatoms. The van der Waals surface area contributed by atoms with E-state index in [1.54, 1.807) is 0 Å². The van der Waals surface area contributed by atoms with Gasteiger partial charge in [-0.25, -0.2) is 4.79 Å². The Bertz CT molecular complexity index is 551. The smallest absolute Gasteiger partial charge is 0.434 e. The van der Waals surface area contributed by atoms with E-state index in [4.69, 9.17) is 32.7 Å². The first-order chi connectivity index (χ1) is 15.5. The predicted octanol–water partition coefficient (Wildman–Crippen LogP) is 1.56. The summed E-state index contributed by atoms with van der Waals surface area (Å²) >= 11 is 11.3. The lowest BCUT2D eigenvalue weighted by Crippen LogP contribution is -2.53. The van der Waals surface area contributed by atoms with E-state index in [0.717, 1.165) is 13.1 Å². The molecule has 2 saturated heterocycles. The number of piperazine rings is 2. The van der Waals surface area contributed by atoms with Crippen molar-refractivity contribution in [1.29, 1.82) is 0 Å². The van der Waals surface area contributed by atoms with Gasteiger partial charge in [-0.15, -0.1) is 23.2 Å². The Kier molecular flexibility index (Phi) is 13.1. The van der Waals surface area contributed by atoms with Gasteiger partial charge >= 0.3 is 6.16 Å². The molecule has 0 bridgehead atoms. The minimum Gasteiger partial charge on any atom is -0.434 e. The third-order valence-corrected chi connectivity index (χ3v) is 6.17. The lowest BCUT2D eigenvalue weighted by Gasteiger charge is -2.34. The highest BCUT2D eigenvalue weighted by Gasteiger charge is 2.24. The molecule has 0 aromatic rings. The van der Waals surface area contributed by atoms with Crippen molar-refractivity contribution in [2.75, 3.05) is 64.2 Å². The Morgan fingerprint density at radius 2 is 1.22 bits per heavy atom. The number of ether oxygens (including phenoxy) is 2. The Hall–Kier alpha value is -1.29. The highest BCUT2D eigenvalue weighted by atomic mass is 35.5. The zero-order valence-corrected chi connectivity index (χ0v) is 20.2. The van der Waals surface area contributed by atoms with Crippen molar-refractivity contribution < 1.29 is 23.9 Å². The summed E-state index contributed by atoms with van der Waals surface area (Å²) in [5.74, 6) is 1.21. The van der Waals surface area contributed by atoms with E-state index < -0.39 is 6.16 Å². The number of alkyl halides is 2. The Morgan fingerprint density at radius 1 is 0.781 bits per heavy atom. The monoisotopic (exact) mass is 494 g/mol. The molecular formula is C21H36Cl2N4O5. The van der Waals surface area contributed by atoms with Crippen molar-refractivity contribution in [3.05, 3.63) is 0 Å². The molecule has 0 spiro atoms. The topological polar surface area (TPSA) is 100 Å². The Morgan fingerprint density at radius 3 is 1.62 bits per heavy atom. The second-order valence-electron chi connectivity index (χ2n) is 8.09. The number of carbonyl (C=O) groups is 3. The van der Waals surface area contributed by atoms with Gasteiger partial charge in [0.2, 0.25) is 11.8 Å². The zero-order valence-electron chi connectivity index (χ0n) is 18.7. The molecule has 0 aromatic carbocycles. The highest BCUT2D eigenvalue weighted by molar-refractivity contribution is 6.18. The van der Waals surface area contributed by atoms with Crippen LogP contribution >= 0.6 is 23.2 Å². The quantitative estimate of drug-likeness (QED) is 0.313. The molecule has 9 nitrogen and oxygen atoms in total. The number of halogens is 2. The number of hydrogen-bond acceptors (Lipinski definition) is 7. The molecule has 2 amide bonds. The van der Waals surface area contributed by atoms with E-state index in [9.17, 15) is 14.4 Å². The summed E-state index contributed by atoms with van der Waals surface area (Å²) in [5.41, 5.74) is 0. The number of carbonyl (C=O) groups excluding carboxylic acids is 3. The summed E-state index contributed by atoms with van der Waals surface area (Å²) in [7, 11) is 0. The number of hydrogen-bond donors (Lipinski definition) is 2. The van der Waals surface area contributed by atoms with Gasteiger partial charge in [0.1, 0.15) is 0 Å². The van der Waals surface area contributed by atoms with Crippen LogP contribution in [0, 0.1) is 0 Å².